The highest BCUT2D eigenvalue weighted by atomic mass is 16.7. The molecule has 1 heterocycles. The second-order valence-electron chi connectivity index (χ2n) is 6.21. The van der Waals surface area contributed by atoms with Crippen LogP contribution in [0, 0.1) is 0 Å². The zero-order chi connectivity index (χ0) is 21.3. The normalized spacial score (nSPS) is 11.9. The highest BCUT2D eigenvalue weighted by Crippen LogP contribution is 2.34. The first-order valence-corrected chi connectivity index (χ1v) is 9.54. The van der Waals surface area contributed by atoms with Gasteiger partial charge in [-0.1, -0.05) is 6.92 Å². The molecule has 2 aromatic carbocycles. The van der Waals surface area contributed by atoms with Gasteiger partial charge in [-0.15, -0.1) is 0 Å². The molecule has 0 radical (unpaired) electrons. The lowest BCUT2D eigenvalue weighted by atomic mass is 10.2. The van der Waals surface area contributed by atoms with Crippen LogP contribution in [-0.4, -0.2) is 38.0 Å². The topological polar surface area (TPSA) is 107 Å². The summed E-state index contributed by atoms with van der Waals surface area (Å²) in [5.41, 5.74) is 3.28. The Kier molecular flexibility index (Phi) is 7.09. The number of carbonyl (C=O) groups is 2. The van der Waals surface area contributed by atoms with Crippen molar-refractivity contribution in [2.45, 2.75) is 20.3 Å². The predicted octanol–water partition coefficient (Wildman–Crippen LogP) is 2.69. The van der Waals surface area contributed by atoms with Gasteiger partial charge in [-0.3, -0.25) is 9.59 Å². The van der Waals surface area contributed by atoms with Crippen molar-refractivity contribution < 1.29 is 28.5 Å². The summed E-state index contributed by atoms with van der Waals surface area (Å²) in [6.07, 6.45) is 2.30. The van der Waals surface area contributed by atoms with Gasteiger partial charge in [0.1, 0.15) is 0 Å². The molecule has 158 valence electrons. The lowest BCUT2D eigenvalue weighted by Gasteiger charge is -2.11. The number of anilines is 1. The third-order valence-corrected chi connectivity index (χ3v) is 3.95. The van der Waals surface area contributed by atoms with Gasteiger partial charge in [-0.25, -0.2) is 5.43 Å². The Balaban J connectivity index is 1.56. The summed E-state index contributed by atoms with van der Waals surface area (Å²) in [4.78, 5) is 24.0. The van der Waals surface area contributed by atoms with Crippen LogP contribution in [0.3, 0.4) is 0 Å². The fraction of sp³-hybridized carbons (Fsp3) is 0.286. The van der Waals surface area contributed by atoms with Crippen LogP contribution in [0.4, 0.5) is 5.69 Å². The van der Waals surface area contributed by atoms with Gasteiger partial charge in [0.05, 0.1) is 19.4 Å². The van der Waals surface area contributed by atoms with Gasteiger partial charge in [-0.2, -0.15) is 5.10 Å². The molecule has 9 nitrogen and oxygen atoms in total. The van der Waals surface area contributed by atoms with Gasteiger partial charge < -0.3 is 24.3 Å². The Labute approximate surface area is 174 Å². The molecule has 9 heteroatoms. The van der Waals surface area contributed by atoms with E-state index in [1.54, 1.807) is 36.4 Å². The molecule has 1 aliphatic rings. The number of amides is 2. The Morgan fingerprint density at radius 2 is 1.87 bits per heavy atom. The molecule has 1 aliphatic heterocycles. The van der Waals surface area contributed by atoms with E-state index in [2.05, 4.69) is 15.8 Å². The van der Waals surface area contributed by atoms with Crippen LogP contribution in [0.1, 0.15) is 25.8 Å². The van der Waals surface area contributed by atoms with Crippen LogP contribution in [0.15, 0.2) is 41.5 Å². The first kappa shape index (κ1) is 21.0. The molecule has 0 saturated heterocycles. The molecule has 2 aromatic rings. The predicted molar refractivity (Wildman–Crippen MR) is 110 cm³/mol. The highest BCUT2D eigenvalue weighted by Gasteiger charge is 2.17. The first-order valence-electron chi connectivity index (χ1n) is 9.54. The molecule has 0 unspecified atom stereocenters. The molecule has 0 spiro atoms. The molecular formula is C21H23N3O6. The lowest BCUT2D eigenvalue weighted by Crippen LogP contribution is -2.32. The SMILES string of the molecule is CCCOc1ccc(/C=N\NC(=O)C(=O)Nc2ccc3c(c2)OCO3)cc1OCC. The van der Waals surface area contributed by atoms with Crippen LogP contribution in [0.2, 0.25) is 0 Å². The van der Waals surface area contributed by atoms with Gasteiger partial charge in [0.25, 0.3) is 0 Å². The number of nitrogens with one attached hydrogen (secondary N) is 2. The smallest absolute Gasteiger partial charge is 0.329 e. The number of hydrogen-bond acceptors (Lipinski definition) is 7. The highest BCUT2D eigenvalue weighted by molar-refractivity contribution is 6.39. The van der Waals surface area contributed by atoms with Gasteiger partial charge in [-0.05, 0) is 49.2 Å². The van der Waals surface area contributed by atoms with Crippen LogP contribution in [0.25, 0.3) is 0 Å². The second kappa shape index (κ2) is 10.1. The number of rotatable bonds is 8. The molecule has 0 bridgehead atoms. The molecule has 2 N–H and O–H groups in total. The Morgan fingerprint density at radius 3 is 2.67 bits per heavy atom. The third kappa shape index (κ3) is 5.40. The van der Waals surface area contributed by atoms with Gasteiger partial charge in [0, 0.05) is 11.8 Å². The third-order valence-electron chi connectivity index (χ3n) is 3.95. The molecule has 0 saturated carbocycles. The van der Waals surface area contributed by atoms with Crippen molar-refractivity contribution in [3.63, 3.8) is 0 Å². The maximum absolute atomic E-state index is 12.0. The van der Waals surface area contributed by atoms with Gasteiger partial charge in [0.2, 0.25) is 6.79 Å². The van der Waals surface area contributed by atoms with Crippen molar-refractivity contribution in [2.24, 2.45) is 5.10 Å². The fourth-order valence-electron chi connectivity index (χ4n) is 2.58. The zero-order valence-electron chi connectivity index (χ0n) is 16.8. The lowest BCUT2D eigenvalue weighted by molar-refractivity contribution is -0.136. The molecule has 0 aliphatic carbocycles. The summed E-state index contributed by atoms with van der Waals surface area (Å²) in [6, 6.07) is 10.1. The Bertz CT molecular complexity index is 944. The van der Waals surface area contributed by atoms with E-state index in [1.807, 2.05) is 13.8 Å². The molecule has 30 heavy (non-hydrogen) atoms. The minimum absolute atomic E-state index is 0.124. The monoisotopic (exact) mass is 413 g/mol. The molecule has 3 rings (SSSR count). The van der Waals surface area contributed by atoms with Crippen molar-refractivity contribution >= 4 is 23.7 Å². The van der Waals surface area contributed by atoms with E-state index in [4.69, 9.17) is 18.9 Å². The second-order valence-corrected chi connectivity index (χ2v) is 6.21. The fourth-order valence-corrected chi connectivity index (χ4v) is 2.58. The van der Waals surface area contributed by atoms with Crippen LogP contribution >= 0.6 is 0 Å². The minimum Gasteiger partial charge on any atom is -0.490 e. The van der Waals surface area contributed by atoms with E-state index in [1.165, 1.54) is 6.21 Å². The van der Waals surface area contributed by atoms with E-state index in [9.17, 15) is 9.59 Å². The molecule has 2 amide bonds. The van der Waals surface area contributed by atoms with Crippen LogP contribution in [0.5, 0.6) is 23.0 Å². The van der Waals surface area contributed by atoms with Gasteiger partial charge in [0.15, 0.2) is 23.0 Å². The number of nitrogens with zero attached hydrogens (tertiary/aromatic N) is 1. The first-order chi connectivity index (χ1) is 14.6. The summed E-state index contributed by atoms with van der Waals surface area (Å²) < 4.78 is 21.7. The number of ether oxygens (including phenoxy) is 4. The van der Waals surface area contributed by atoms with Crippen molar-refractivity contribution in [2.75, 3.05) is 25.3 Å². The quantitative estimate of drug-likeness (QED) is 0.391. The van der Waals surface area contributed by atoms with Crippen LogP contribution in [-0.2, 0) is 9.59 Å². The largest absolute Gasteiger partial charge is 0.490 e. The Hall–Kier alpha value is -3.75. The van der Waals surface area contributed by atoms with Crippen molar-refractivity contribution in [1.29, 1.82) is 0 Å². The Morgan fingerprint density at radius 1 is 1.03 bits per heavy atom. The van der Waals surface area contributed by atoms with E-state index >= 15 is 0 Å². The van der Waals surface area contributed by atoms with E-state index in [-0.39, 0.29) is 6.79 Å². The van der Waals surface area contributed by atoms with Crippen molar-refractivity contribution in [3.8, 4) is 23.0 Å². The standard InChI is InChI=1S/C21H23N3O6/c1-3-9-28-16-7-5-14(10-18(16)27-4-2)12-22-24-21(26)20(25)23-15-6-8-17-19(11-15)30-13-29-17/h5-8,10-12H,3-4,9,13H2,1-2H3,(H,23,25)(H,24,26)/b22-12-. The zero-order valence-corrected chi connectivity index (χ0v) is 16.8. The summed E-state index contributed by atoms with van der Waals surface area (Å²) >= 11 is 0. The summed E-state index contributed by atoms with van der Waals surface area (Å²) in [6.45, 7) is 5.09. The summed E-state index contributed by atoms with van der Waals surface area (Å²) in [5, 5.41) is 6.30. The van der Waals surface area contributed by atoms with Crippen LogP contribution < -0.4 is 29.7 Å². The number of carbonyl (C=O) groups excluding carboxylic acids is 2. The number of benzene rings is 2. The van der Waals surface area contributed by atoms with Gasteiger partial charge >= 0.3 is 11.8 Å². The number of fused-ring (bicyclic) bond motifs is 1. The molecule has 0 aromatic heterocycles. The maximum atomic E-state index is 12.0. The minimum atomic E-state index is -0.906. The van der Waals surface area contributed by atoms with E-state index in [0.717, 1.165) is 6.42 Å². The number of hydrogen-bond donors (Lipinski definition) is 2. The molecule has 0 fully saturated rings. The maximum Gasteiger partial charge on any atom is 0.329 e. The van der Waals surface area contributed by atoms with Crippen molar-refractivity contribution in [3.05, 3.63) is 42.0 Å². The van der Waals surface area contributed by atoms with Crippen molar-refractivity contribution in [1.82, 2.24) is 5.43 Å². The average molecular weight is 413 g/mol. The molecular weight excluding hydrogens is 390 g/mol. The van der Waals surface area contributed by atoms with E-state index in [0.29, 0.717) is 47.5 Å². The summed E-state index contributed by atoms with van der Waals surface area (Å²) in [7, 11) is 0. The average Bonchev–Trinajstić information content (AvgIpc) is 3.21. The summed E-state index contributed by atoms with van der Waals surface area (Å²) in [5.74, 6) is 0.549. The molecule has 0 atom stereocenters. The van der Waals surface area contributed by atoms with E-state index < -0.39 is 11.8 Å². The number of hydrazone groups is 1.